The number of hydrogen-bond acceptors (Lipinski definition) is 2. The molecule has 1 heterocycles. The first-order valence-electron chi connectivity index (χ1n) is 4.79. The van der Waals surface area contributed by atoms with Crippen molar-refractivity contribution in [2.75, 3.05) is 32.7 Å². The van der Waals surface area contributed by atoms with Crippen molar-refractivity contribution in [3.63, 3.8) is 0 Å². The summed E-state index contributed by atoms with van der Waals surface area (Å²) in [5, 5.41) is 3.40. The molecule has 1 fully saturated rings. The summed E-state index contributed by atoms with van der Waals surface area (Å²) in [4.78, 5) is 2.51. The minimum Gasteiger partial charge on any atom is -0.316 e. The molecule has 0 bridgehead atoms. The van der Waals surface area contributed by atoms with Crippen LogP contribution in [0.15, 0.2) is 0 Å². The minimum absolute atomic E-state index is 0.912. The molecule has 66 valence electrons. The first-order valence-corrected chi connectivity index (χ1v) is 4.79. The minimum atomic E-state index is 0.912. The molecule has 0 aromatic rings. The standard InChI is InChI=1S/C9H20N2/c1-3-11(4-2)8-9-5-6-10-7-9/h9-10H,3-8H2,1-2H3. The van der Waals surface area contributed by atoms with E-state index in [2.05, 4.69) is 24.1 Å². The highest BCUT2D eigenvalue weighted by molar-refractivity contribution is 4.73. The molecule has 1 rings (SSSR count). The van der Waals surface area contributed by atoms with Gasteiger partial charge in [-0.3, -0.25) is 0 Å². The van der Waals surface area contributed by atoms with E-state index >= 15 is 0 Å². The van der Waals surface area contributed by atoms with Gasteiger partial charge < -0.3 is 10.2 Å². The van der Waals surface area contributed by atoms with E-state index < -0.39 is 0 Å². The normalized spacial score (nSPS) is 24.8. The van der Waals surface area contributed by atoms with Gasteiger partial charge in [-0.05, 0) is 38.5 Å². The van der Waals surface area contributed by atoms with Gasteiger partial charge in [-0.2, -0.15) is 0 Å². The Labute approximate surface area is 70.0 Å². The molecule has 1 atom stereocenters. The second kappa shape index (κ2) is 4.73. The first-order chi connectivity index (χ1) is 5.36. The molecule has 0 aromatic carbocycles. The smallest absolute Gasteiger partial charge is 0.00220 e. The van der Waals surface area contributed by atoms with Gasteiger partial charge in [0, 0.05) is 6.54 Å². The zero-order valence-corrected chi connectivity index (χ0v) is 7.77. The third-order valence-electron chi connectivity index (χ3n) is 2.57. The van der Waals surface area contributed by atoms with E-state index in [-0.39, 0.29) is 0 Å². The van der Waals surface area contributed by atoms with Crippen LogP contribution in [0.2, 0.25) is 0 Å². The van der Waals surface area contributed by atoms with E-state index in [1.54, 1.807) is 0 Å². The molecule has 1 N–H and O–H groups in total. The van der Waals surface area contributed by atoms with Crippen LogP contribution in [0.4, 0.5) is 0 Å². The van der Waals surface area contributed by atoms with Crippen LogP contribution in [0.3, 0.4) is 0 Å². The lowest BCUT2D eigenvalue weighted by Gasteiger charge is -2.21. The van der Waals surface area contributed by atoms with E-state index in [1.807, 2.05) is 0 Å². The van der Waals surface area contributed by atoms with Crippen LogP contribution in [0.1, 0.15) is 20.3 Å². The Balaban J connectivity index is 2.16. The fourth-order valence-corrected chi connectivity index (χ4v) is 1.72. The molecule has 0 aliphatic carbocycles. The molecular weight excluding hydrogens is 136 g/mol. The zero-order valence-electron chi connectivity index (χ0n) is 7.77. The highest BCUT2D eigenvalue weighted by Gasteiger charge is 2.15. The van der Waals surface area contributed by atoms with E-state index in [0.29, 0.717) is 0 Å². The van der Waals surface area contributed by atoms with Crippen molar-refractivity contribution < 1.29 is 0 Å². The Morgan fingerprint density at radius 1 is 1.36 bits per heavy atom. The molecule has 0 aromatic heterocycles. The second-order valence-electron chi connectivity index (χ2n) is 3.34. The summed E-state index contributed by atoms with van der Waals surface area (Å²) in [6, 6.07) is 0. The van der Waals surface area contributed by atoms with Gasteiger partial charge in [0.1, 0.15) is 0 Å². The van der Waals surface area contributed by atoms with Gasteiger partial charge in [0.15, 0.2) is 0 Å². The molecular formula is C9H20N2. The van der Waals surface area contributed by atoms with Crippen molar-refractivity contribution in [3.8, 4) is 0 Å². The Kier molecular flexibility index (Phi) is 3.87. The summed E-state index contributed by atoms with van der Waals surface area (Å²) in [7, 11) is 0. The van der Waals surface area contributed by atoms with Crippen LogP contribution in [-0.4, -0.2) is 37.6 Å². The van der Waals surface area contributed by atoms with Crippen molar-refractivity contribution in [2.24, 2.45) is 5.92 Å². The number of hydrogen-bond donors (Lipinski definition) is 1. The van der Waals surface area contributed by atoms with E-state index in [1.165, 1.54) is 39.1 Å². The van der Waals surface area contributed by atoms with Crippen molar-refractivity contribution in [2.45, 2.75) is 20.3 Å². The summed E-state index contributed by atoms with van der Waals surface area (Å²) in [6.07, 6.45) is 1.37. The van der Waals surface area contributed by atoms with Gasteiger partial charge in [-0.1, -0.05) is 13.8 Å². The average Bonchev–Trinajstić information content (AvgIpc) is 2.52. The maximum Gasteiger partial charge on any atom is 0.00220 e. The zero-order chi connectivity index (χ0) is 8.10. The summed E-state index contributed by atoms with van der Waals surface area (Å²) in [5.74, 6) is 0.912. The maximum atomic E-state index is 3.40. The predicted octanol–water partition coefficient (Wildman–Crippen LogP) is 0.938. The maximum absolute atomic E-state index is 3.40. The molecule has 1 aliphatic heterocycles. The molecule has 0 saturated carbocycles. The summed E-state index contributed by atoms with van der Waals surface area (Å²) >= 11 is 0. The van der Waals surface area contributed by atoms with E-state index in [4.69, 9.17) is 0 Å². The summed E-state index contributed by atoms with van der Waals surface area (Å²) in [6.45, 7) is 10.6. The Bertz CT molecular complexity index is 93.7. The lowest BCUT2D eigenvalue weighted by atomic mass is 10.1. The molecule has 0 radical (unpaired) electrons. The van der Waals surface area contributed by atoms with Gasteiger partial charge in [0.2, 0.25) is 0 Å². The SMILES string of the molecule is CCN(CC)CC1CCNC1. The van der Waals surface area contributed by atoms with Gasteiger partial charge in [-0.15, -0.1) is 0 Å². The fourth-order valence-electron chi connectivity index (χ4n) is 1.72. The Hall–Kier alpha value is -0.0800. The van der Waals surface area contributed by atoms with Gasteiger partial charge in [-0.25, -0.2) is 0 Å². The van der Waals surface area contributed by atoms with Crippen molar-refractivity contribution >= 4 is 0 Å². The average molecular weight is 156 g/mol. The summed E-state index contributed by atoms with van der Waals surface area (Å²) in [5.41, 5.74) is 0. The van der Waals surface area contributed by atoms with Gasteiger partial charge in [0.25, 0.3) is 0 Å². The first kappa shape index (κ1) is 9.01. The molecule has 2 heteroatoms. The van der Waals surface area contributed by atoms with Gasteiger partial charge >= 0.3 is 0 Å². The fraction of sp³-hybridized carbons (Fsp3) is 1.00. The second-order valence-corrected chi connectivity index (χ2v) is 3.34. The van der Waals surface area contributed by atoms with E-state index in [9.17, 15) is 0 Å². The topological polar surface area (TPSA) is 15.3 Å². The highest BCUT2D eigenvalue weighted by atomic mass is 15.1. The molecule has 0 amide bonds. The third kappa shape index (κ3) is 2.80. The molecule has 11 heavy (non-hydrogen) atoms. The Morgan fingerprint density at radius 2 is 2.09 bits per heavy atom. The lowest BCUT2D eigenvalue weighted by molar-refractivity contribution is 0.260. The molecule has 1 aliphatic rings. The van der Waals surface area contributed by atoms with Crippen molar-refractivity contribution in [3.05, 3.63) is 0 Å². The molecule has 1 unspecified atom stereocenters. The highest BCUT2D eigenvalue weighted by Crippen LogP contribution is 2.08. The lowest BCUT2D eigenvalue weighted by Crippen LogP contribution is -2.30. The molecule has 0 spiro atoms. The number of rotatable bonds is 4. The molecule has 2 nitrogen and oxygen atoms in total. The third-order valence-corrected chi connectivity index (χ3v) is 2.57. The Morgan fingerprint density at radius 3 is 2.55 bits per heavy atom. The van der Waals surface area contributed by atoms with Crippen molar-refractivity contribution in [1.29, 1.82) is 0 Å². The van der Waals surface area contributed by atoms with Crippen LogP contribution in [-0.2, 0) is 0 Å². The van der Waals surface area contributed by atoms with Crippen LogP contribution in [0, 0.1) is 5.92 Å². The van der Waals surface area contributed by atoms with Crippen LogP contribution >= 0.6 is 0 Å². The monoisotopic (exact) mass is 156 g/mol. The van der Waals surface area contributed by atoms with Crippen LogP contribution < -0.4 is 5.32 Å². The summed E-state index contributed by atoms with van der Waals surface area (Å²) < 4.78 is 0. The van der Waals surface area contributed by atoms with E-state index in [0.717, 1.165) is 5.92 Å². The van der Waals surface area contributed by atoms with Crippen LogP contribution in [0.5, 0.6) is 0 Å². The van der Waals surface area contributed by atoms with Crippen molar-refractivity contribution in [1.82, 2.24) is 10.2 Å². The molecule has 1 saturated heterocycles. The van der Waals surface area contributed by atoms with Crippen LogP contribution in [0.25, 0.3) is 0 Å². The predicted molar refractivity (Wildman–Crippen MR) is 48.8 cm³/mol. The number of nitrogens with one attached hydrogen (secondary N) is 1. The number of nitrogens with zero attached hydrogens (tertiary/aromatic N) is 1. The largest absolute Gasteiger partial charge is 0.316 e. The van der Waals surface area contributed by atoms with Gasteiger partial charge in [0.05, 0.1) is 0 Å². The quantitative estimate of drug-likeness (QED) is 0.651.